The van der Waals surface area contributed by atoms with Gasteiger partial charge in [-0.25, -0.2) is 4.98 Å². The molecule has 0 saturated carbocycles. The van der Waals surface area contributed by atoms with Crippen molar-refractivity contribution in [3.8, 4) is 0 Å². The minimum atomic E-state index is 0.307. The van der Waals surface area contributed by atoms with E-state index in [-0.39, 0.29) is 0 Å². The van der Waals surface area contributed by atoms with Gasteiger partial charge in [-0.05, 0) is 98.6 Å². The Labute approximate surface area is 201 Å². The van der Waals surface area contributed by atoms with Crippen LogP contribution in [-0.2, 0) is 13.0 Å². The summed E-state index contributed by atoms with van der Waals surface area (Å²) in [4.78, 5) is 11.6. The van der Waals surface area contributed by atoms with E-state index >= 15 is 0 Å². The number of allylic oxidation sites excluding steroid dienone is 1. The predicted molar refractivity (Wildman–Crippen MR) is 139 cm³/mol. The van der Waals surface area contributed by atoms with Gasteiger partial charge in [0, 0.05) is 30.7 Å². The summed E-state index contributed by atoms with van der Waals surface area (Å²) in [6, 6.07) is 16.8. The molecule has 1 saturated heterocycles. The second kappa shape index (κ2) is 10.4. The average molecular weight is 456 g/mol. The van der Waals surface area contributed by atoms with Crippen molar-refractivity contribution < 1.29 is 5.11 Å². The number of piperidine rings is 1. The van der Waals surface area contributed by atoms with Gasteiger partial charge in [-0.2, -0.15) is 4.98 Å². The zero-order chi connectivity index (χ0) is 23.3. The summed E-state index contributed by atoms with van der Waals surface area (Å²) in [5.74, 6) is 2.01. The van der Waals surface area contributed by atoms with E-state index in [9.17, 15) is 0 Å². The zero-order valence-electron chi connectivity index (χ0n) is 19.8. The number of hydrogen-bond donors (Lipinski definition) is 3. The maximum atomic E-state index is 9.17. The van der Waals surface area contributed by atoms with E-state index in [0.29, 0.717) is 18.5 Å². The van der Waals surface area contributed by atoms with Crippen molar-refractivity contribution in [1.29, 1.82) is 0 Å². The van der Waals surface area contributed by atoms with Gasteiger partial charge in [0.1, 0.15) is 5.82 Å². The molecule has 3 aromatic rings. The summed E-state index contributed by atoms with van der Waals surface area (Å²) in [5.41, 5.74) is 7.35. The molecule has 0 amide bonds. The minimum Gasteiger partial charge on any atom is -0.396 e. The highest BCUT2D eigenvalue weighted by Gasteiger charge is 2.18. The smallest absolute Gasteiger partial charge is 0.229 e. The molecule has 0 spiro atoms. The van der Waals surface area contributed by atoms with E-state index < -0.39 is 0 Å². The third-order valence-electron chi connectivity index (χ3n) is 6.78. The molecule has 34 heavy (non-hydrogen) atoms. The fraction of sp³-hybridized carbons (Fsp3) is 0.357. The van der Waals surface area contributed by atoms with Gasteiger partial charge in [0.15, 0.2) is 0 Å². The first-order valence-corrected chi connectivity index (χ1v) is 12.2. The van der Waals surface area contributed by atoms with Crippen LogP contribution in [0.3, 0.4) is 0 Å². The van der Waals surface area contributed by atoms with Gasteiger partial charge in [-0.1, -0.05) is 29.8 Å². The largest absolute Gasteiger partial charge is 0.396 e. The Balaban J connectivity index is 1.21. The second-order valence-electron chi connectivity index (χ2n) is 9.53. The van der Waals surface area contributed by atoms with Crippen molar-refractivity contribution in [2.45, 2.75) is 39.2 Å². The highest BCUT2D eigenvalue weighted by Crippen LogP contribution is 2.28. The molecule has 1 aliphatic heterocycles. The first-order valence-electron chi connectivity index (χ1n) is 12.2. The quantitative estimate of drug-likeness (QED) is 0.415. The second-order valence-corrected chi connectivity index (χ2v) is 9.53. The molecular formula is C28H33N5O. The number of benzene rings is 2. The predicted octanol–water partition coefficient (Wildman–Crippen LogP) is 5.52. The lowest BCUT2D eigenvalue weighted by molar-refractivity contribution is 0.153. The van der Waals surface area contributed by atoms with Gasteiger partial charge in [0.2, 0.25) is 5.95 Å². The molecule has 1 aromatic heterocycles. The molecule has 0 radical (unpaired) electrons. The van der Waals surface area contributed by atoms with E-state index in [1.165, 1.54) is 35.1 Å². The van der Waals surface area contributed by atoms with E-state index in [4.69, 9.17) is 5.11 Å². The lowest BCUT2D eigenvalue weighted by Crippen LogP contribution is -2.33. The number of rotatable bonds is 8. The van der Waals surface area contributed by atoms with Gasteiger partial charge >= 0.3 is 0 Å². The molecule has 0 unspecified atom stereocenters. The lowest BCUT2D eigenvalue weighted by atomic mass is 9.94. The number of fused-ring (bicyclic) bond motifs is 1. The topological polar surface area (TPSA) is 73.3 Å². The maximum absolute atomic E-state index is 9.17. The van der Waals surface area contributed by atoms with Gasteiger partial charge in [-0.15, -0.1) is 0 Å². The monoisotopic (exact) mass is 455 g/mol. The SMILES string of the molecule is CC1=Cc2cc(Nc3ccnc(Nc4cccc(CN5CCC(CCO)CC5)c4)n3)ccc2C1. The number of aromatic nitrogens is 2. The zero-order valence-corrected chi connectivity index (χ0v) is 19.8. The van der Waals surface area contributed by atoms with Gasteiger partial charge < -0.3 is 15.7 Å². The summed E-state index contributed by atoms with van der Waals surface area (Å²) in [5, 5.41) is 15.9. The van der Waals surface area contributed by atoms with Crippen LogP contribution in [0, 0.1) is 5.92 Å². The number of hydrogen-bond acceptors (Lipinski definition) is 6. The van der Waals surface area contributed by atoms with Crippen LogP contribution in [0.4, 0.5) is 23.1 Å². The standard InChI is InChI=1S/C28H33N5O/c1-20-15-23-5-6-26(18-24(23)16-20)30-27-7-11-29-28(32-27)31-25-4-2-3-22(17-25)19-33-12-8-21(9-13-33)10-14-34/h2-7,11,16-18,21,34H,8-10,12-15,19H2,1H3,(H2,29,30,31,32). The van der Waals surface area contributed by atoms with Crippen LogP contribution >= 0.6 is 0 Å². The Bertz CT molecular complexity index is 1170. The maximum Gasteiger partial charge on any atom is 0.229 e. The van der Waals surface area contributed by atoms with Crippen LogP contribution in [-0.4, -0.2) is 39.7 Å². The molecule has 6 heteroatoms. The third kappa shape index (κ3) is 5.64. The number of aliphatic hydroxyl groups is 1. The fourth-order valence-corrected chi connectivity index (χ4v) is 4.97. The lowest BCUT2D eigenvalue weighted by Gasteiger charge is -2.31. The molecule has 2 aromatic carbocycles. The van der Waals surface area contributed by atoms with Crippen molar-refractivity contribution in [3.63, 3.8) is 0 Å². The highest BCUT2D eigenvalue weighted by atomic mass is 16.3. The summed E-state index contributed by atoms with van der Waals surface area (Å²) in [6.45, 7) is 5.61. The third-order valence-corrected chi connectivity index (χ3v) is 6.78. The van der Waals surface area contributed by atoms with Crippen LogP contribution in [0.1, 0.15) is 42.9 Å². The molecule has 2 heterocycles. The molecule has 1 fully saturated rings. The van der Waals surface area contributed by atoms with E-state index in [0.717, 1.165) is 49.7 Å². The molecule has 176 valence electrons. The van der Waals surface area contributed by atoms with Gasteiger partial charge in [-0.3, -0.25) is 4.90 Å². The molecule has 1 aliphatic carbocycles. The van der Waals surface area contributed by atoms with Crippen LogP contribution in [0.15, 0.2) is 60.3 Å². The Hall–Kier alpha value is -3.22. The summed E-state index contributed by atoms with van der Waals surface area (Å²) in [7, 11) is 0. The Morgan fingerprint density at radius 2 is 1.88 bits per heavy atom. The summed E-state index contributed by atoms with van der Waals surface area (Å²) in [6.07, 6.45) is 8.34. The van der Waals surface area contributed by atoms with Crippen molar-refractivity contribution in [2.75, 3.05) is 30.3 Å². The molecule has 0 bridgehead atoms. The number of likely N-dealkylation sites (tertiary alicyclic amines) is 1. The molecule has 3 N–H and O–H groups in total. The number of anilines is 4. The molecule has 0 atom stereocenters. The Morgan fingerprint density at radius 3 is 2.74 bits per heavy atom. The molecule has 6 nitrogen and oxygen atoms in total. The number of nitrogens with zero attached hydrogens (tertiary/aromatic N) is 3. The van der Waals surface area contributed by atoms with Crippen molar-refractivity contribution in [3.05, 3.63) is 77.0 Å². The van der Waals surface area contributed by atoms with Crippen molar-refractivity contribution in [2.24, 2.45) is 5.92 Å². The van der Waals surface area contributed by atoms with Crippen LogP contribution in [0.5, 0.6) is 0 Å². The van der Waals surface area contributed by atoms with Crippen molar-refractivity contribution in [1.82, 2.24) is 14.9 Å². The Morgan fingerprint density at radius 1 is 1.03 bits per heavy atom. The number of nitrogens with one attached hydrogen (secondary N) is 2. The summed E-state index contributed by atoms with van der Waals surface area (Å²) >= 11 is 0. The minimum absolute atomic E-state index is 0.307. The summed E-state index contributed by atoms with van der Waals surface area (Å²) < 4.78 is 0. The normalized spacial score (nSPS) is 16.2. The van der Waals surface area contributed by atoms with Gasteiger partial charge in [0.05, 0.1) is 0 Å². The van der Waals surface area contributed by atoms with Gasteiger partial charge in [0.25, 0.3) is 0 Å². The molecule has 5 rings (SSSR count). The molecule has 2 aliphatic rings. The Kier molecular flexibility index (Phi) is 6.88. The van der Waals surface area contributed by atoms with Crippen LogP contribution in [0.2, 0.25) is 0 Å². The van der Waals surface area contributed by atoms with Crippen molar-refractivity contribution >= 4 is 29.2 Å². The van der Waals surface area contributed by atoms with Crippen LogP contribution < -0.4 is 10.6 Å². The fourth-order valence-electron chi connectivity index (χ4n) is 4.97. The molecular weight excluding hydrogens is 422 g/mol. The van der Waals surface area contributed by atoms with E-state index in [1.807, 2.05) is 6.07 Å². The van der Waals surface area contributed by atoms with E-state index in [1.54, 1.807) is 6.20 Å². The van der Waals surface area contributed by atoms with E-state index in [2.05, 4.69) is 81.0 Å². The average Bonchev–Trinajstić information content (AvgIpc) is 3.20. The highest BCUT2D eigenvalue weighted by molar-refractivity contribution is 5.70. The first-order chi connectivity index (χ1) is 16.6. The van der Waals surface area contributed by atoms with Crippen LogP contribution in [0.25, 0.3) is 6.08 Å². The first kappa shape index (κ1) is 22.6. The number of aliphatic hydroxyl groups excluding tert-OH is 1.